The lowest BCUT2D eigenvalue weighted by Gasteiger charge is -2.36. The zero-order valence-electron chi connectivity index (χ0n) is 31.5. The number of nitrogens with zero attached hydrogens (tertiary/aromatic N) is 3. The van der Waals surface area contributed by atoms with Gasteiger partial charge in [0.1, 0.15) is 19.6 Å². The molecule has 296 valence electrons. The highest BCUT2D eigenvalue weighted by molar-refractivity contribution is 7.40. The van der Waals surface area contributed by atoms with Gasteiger partial charge in [0, 0.05) is 19.3 Å². The highest BCUT2D eigenvalue weighted by atomic mass is 31.2. The molecule has 0 aromatic rings. The number of carboxylic acids is 3. The maximum atomic E-state index is 11.1. The summed E-state index contributed by atoms with van der Waals surface area (Å²) in [5.74, 6) is -3.90. The summed E-state index contributed by atoms with van der Waals surface area (Å²) < 4.78 is 25.4. The first kappa shape index (κ1) is 53.6. The van der Waals surface area contributed by atoms with Crippen molar-refractivity contribution in [2.75, 3.05) is 83.1 Å². The molecule has 3 N–H and O–H groups in total. The van der Waals surface area contributed by atoms with E-state index in [4.69, 9.17) is 48.8 Å². The maximum absolute atomic E-state index is 11.1. The molecule has 0 aromatic heterocycles. The number of esters is 3. The van der Waals surface area contributed by atoms with Crippen molar-refractivity contribution in [1.29, 1.82) is 0 Å². The van der Waals surface area contributed by atoms with Crippen LogP contribution in [0.2, 0.25) is 0 Å². The summed E-state index contributed by atoms with van der Waals surface area (Å²) in [5, 5.41) is 26.0. The van der Waals surface area contributed by atoms with Crippen LogP contribution in [0.3, 0.4) is 0 Å². The minimum absolute atomic E-state index is 0.138. The first-order valence-electron chi connectivity index (χ1n) is 15.6. The molecular formula is C30H60N3O16P. The molecule has 0 spiro atoms. The number of carbonyl (C=O) groups excluding carboxylic acids is 3. The van der Waals surface area contributed by atoms with Crippen molar-refractivity contribution in [2.45, 2.75) is 77.6 Å². The van der Waals surface area contributed by atoms with E-state index in [1.165, 1.54) is 0 Å². The highest BCUT2D eigenvalue weighted by Crippen LogP contribution is 2.08. The molecule has 0 bridgehead atoms. The van der Waals surface area contributed by atoms with E-state index in [0.29, 0.717) is 33.1 Å². The van der Waals surface area contributed by atoms with Crippen LogP contribution in [0, 0.1) is 0 Å². The average Bonchev–Trinajstić information content (AvgIpc) is 2.83. The molecule has 0 heterocycles. The zero-order valence-corrected chi connectivity index (χ0v) is 32.4. The SMILES string of the molecule is CCC(=O)O[C@H](CC(=O)O)C[N+](C)(C)C.CCC(=O)O[C@H](CC(=O)O)C[N+](C)(C)C.CCC(=O)O[C@H](CC(=O)O)C[N+](C)(C)C.O=P([O-])([O-])[O-]. The van der Waals surface area contributed by atoms with Crippen LogP contribution in [0.4, 0.5) is 0 Å². The Balaban J connectivity index is -0.000000296. The summed E-state index contributed by atoms with van der Waals surface area (Å²) in [6, 6.07) is 0. The normalized spacial score (nSPS) is 13.2. The van der Waals surface area contributed by atoms with Gasteiger partial charge in [-0.3, -0.25) is 28.8 Å². The average molecular weight is 750 g/mol. The first-order chi connectivity index (χ1) is 22.2. The number of hydrogen-bond acceptors (Lipinski definition) is 13. The second-order valence-electron chi connectivity index (χ2n) is 14.1. The fourth-order valence-corrected chi connectivity index (χ4v) is 3.66. The largest absolute Gasteiger partial charge is 0.822 e. The maximum Gasteiger partial charge on any atom is 0.307 e. The van der Waals surface area contributed by atoms with Crippen LogP contribution in [-0.2, 0) is 47.5 Å². The second kappa shape index (κ2) is 25.7. The number of carboxylic acid groups (broad SMARTS) is 3. The number of hydrogen-bond donors (Lipinski definition) is 3. The highest BCUT2D eigenvalue weighted by Gasteiger charge is 2.26. The zero-order chi connectivity index (χ0) is 40.7. The number of quaternary nitrogens is 3. The first-order valence-corrected chi connectivity index (χ1v) is 17.1. The molecule has 50 heavy (non-hydrogen) atoms. The van der Waals surface area contributed by atoms with Crippen LogP contribution in [0.1, 0.15) is 59.3 Å². The molecule has 19 nitrogen and oxygen atoms in total. The third-order valence-corrected chi connectivity index (χ3v) is 5.22. The standard InChI is InChI=1S/3C10H19NO4.H3O4P/c3*1-5-10(14)15-8(6-9(12)13)7-11(2,3)4;1-5(2,3)4/h3*8H,5-7H2,1-4H3;(H3,1,2,3,4)/t3*8-;/m111./s1. The van der Waals surface area contributed by atoms with Gasteiger partial charge in [-0.2, -0.15) is 7.82 Å². The van der Waals surface area contributed by atoms with Crippen LogP contribution < -0.4 is 14.7 Å². The molecule has 3 atom stereocenters. The van der Waals surface area contributed by atoms with Crippen molar-refractivity contribution in [3.8, 4) is 0 Å². The number of phosphoric acid groups is 1. The van der Waals surface area contributed by atoms with Gasteiger partial charge < -0.3 is 62.2 Å². The number of aliphatic carboxylic acids is 3. The van der Waals surface area contributed by atoms with E-state index < -0.39 is 44.0 Å². The Morgan fingerprint density at radius 1 is 0.500 bits per heavy atom. The predicted octanol–water partition coefficient (Wildman–Crippen LogP) is -1.36. The molecule has 0 aliphatic heterocycles. The number of ether oxygens (including phenoxy) is 3. The second-order valence-corrected chi connectivity index (χ2v) is 15.0. The molecule has 0 saturated carbocycles. The third kappa shape index (κ3) is 49.2. The summed E-state index contributed by atoms with van der Waals surface area (Å²) in [4.78, 5) is 90.5. The van der Waals surface area contributed by atoms with E-state index >= 15 is 0 Å². The Morgan fingerprint density at radius 2 is 0.660 bits per heavy atom. The van der Waals surface area contributed by atoms with Crippen LogP contribution in [0.25, 0.3) is 0 Å². The van der Waals surface area contributed by atoms with Crippen molar-refractivity contribution in [3.63, 3.8) is 0 Å². The van der Waals surface area contributed by atoms with Gasteiger partial charge in [0.2, 0.25) is 0 Å². The molecule has 0 aliphatic carbocycles. The van der Waals surface area contributed by atoms with Gasteiger partial charge in [-0.15, -0.1) is 0 Å². The molecule has 0 rings (SSSR count). The minimum Gasteiger partial charge on any atom is -0.822 e. The molecule has 0 aliphatic rings. The van der Waals surface area contributed by atoms with Crippen LogP contribution in [0.5, 0.6) is 0 Å². The van der Waals surface area contributed by atoms with E-state index in [0.717, 1.165) is 0 Å². The van der Waals surface area contributed by atoms with Gasteiger partial charge in [-0.05, 0) is 0 Å². The van der Waals surface area contributed by atoms with Gasteiger partial charge in [-0.1, -0.05) is 20.8 Å². The summed E-state index contributed by atoms with van der Waals surface area (Å²) in [5.41, 5.74) is 0. The smallest absolute Gasteiger partial charge is 0.307 e. The molecule has 0 aromatic carbocycles. The fourth-order valence-electron chi connectivity index (χ4n) is 3.66. The topological polar surface area (TPSA) is 277 Å². The Kier molecular flexibility index (Phi) is 27.6. The quantitative estimate of drug-likeness (QED) is 0.0632. The molecule has 0 radical (unpaired) electrons. The third-order valence-electron chi connectivity index (χ3n) is 5.22. The van der Waals surface area contributed by atoms with Crippen molar-refractivity contribution < 1.29 is 91.0 Å². The van der Waals surface area contributed by atoms with Crippen molar-refractivity contribution in [1.82, 2.24) is 0 Å². The van der Waals surface area contributed by atoms with Crippen LogP contribution >= 0.6 is 7.82 Å². The van der Waals surface area contributed by atoms with Crippen LogP contribution in [0.15, 0.2) is 0 Å². The van der Waals surface area contributed by atoms with Crippen molar-refractivity contribution in [2.24, 2.45) is 0 Å². The molecule has 0 saturated heterocycles. The van der Waals surface area contributed by atoms with Gasteiger partial charge in [0.05, 0.1) is 82.7 Å². The number of rotatable bonds is 18. The number of likely N-dealkylation sites (N-methyl/N-ethyl adjacent to an activating group) is 3. The molecule has 0 amide bonds. The van der Waals surface area contributed by atoms with Gasteiger partial charge >= 0.3 is 35.8 Å². The Labute approximate surface area is 295 Å². The minimum atomic E-state index is -5.39. The molecular weight excluding hydrogens is 689 g/mol. The van der Waals surface area contributed by atoms with E-state index in [1.54, 1.807) is 20.8 Å². The Morgan fingerprint density at radius 3 is 0.760 bits per heavy atom. The molecule has 0 fully saturated rings. The monoisotopic (exact) mass is 749 g/mol. The van der Waals surface area contributed by atoms with E-state index in [2.05, 4.69) is 0 Å². The number of carbonyl (C=O) groups is 6. The summed E-state index contributed by atoms with van der Waals surface area (Å²) in [6.07, 6.45) is -1.24. The molecule has 20 heteroatoms. The van der Waals surface area contributed by atoms with E-state index in [-0.39, 0.29) is 56.4 Å². The van der Waals surface area contributed by atoms with Gasteiger partial charge in [0.15, 0.2) is 18.3 Å². The molecule has 0 unspecified atom stereocenters. The Bertz CT molecular complexity index is 964. The van der Waals surface area contributed by atoms with Gasteiger partial charge in [0.25, 0.3) is 0 Å². The lowest BCUT2D eigenvalue weighted by molar-refractivity contribution is -0.873. The van der Waals surface area contributed by atoms with Crippen molar-refractivity contribution in [3.05, 3.63) is 0 Å². The Hall–Kier alpha value is -3.19. The van der Waals surface area contributed by atoms with Gasteiger partial charge in [-0.25, -0.2) is 0 Å². The fraction of sp³-hybridized carbons (Fsp3) is 0.800. The van der Waals surface area contributed by atoms with E-state index in [1.807, 2.05) is 63.4 Å². The van der Waals surface area contributed by atoms with Crippen LogP contribution in [-0.4, -0.2) is 166 Å². The lowest BCUT2D eigenvalue weighted by Crippen LogP contribution is -2.43. The summed E-state index contributed by atoms with van der Waals surface area (Å²) >= 11 is 0. The summed E-state index contributed by atoms with van der Waals surface area (Å²) in [6.45, 7) is 6.55. The predicted molar refractivity (Wildman–Crippen MR) is 174 cm³/mol. The lowest BCUT2D eigenvalue weighted by atomic mass is 10.2. The summed E-state index contributed by atoms with van der Waals surface area (Å²) in [7, 11) is 11.9. The van der Waals surface area contributed by atoms with E-state index in [9.17, 15) is 28.8 Å². The van der Waals surface area contributed by atoms with Crippen molar-refractivity contribution >= 4 is 43.6 Å².